The molecular formula is C6H5ClN4O. The van der Waals surface area contributed by atoms with Gasteiger partial charge in [0.15, 0.2) is 5.65 Å². The SMILES string of the molecule is COc1ncnc2n[nH]c(Cl)c12. The van der Waals surface area contributed by atoms with E-state index in [1.54, 1.807) is 0 Å². The highest BCUT2D eigenvalue weighted by Crippen LogP contribution is 2.25. The van der Waals surface area contributed by atoms with Crippen LogP contribution in [0.2, 0.25) is 5.15 Å². The van der Waals surface area contributed by atoms with Crippen molar-refractivity contribution in [3.05, 3.63) is 11.5 Å². The zero-order valence-electron chi connectivity index (χ0n) is 6.21. The second kappa shape index (κ2) is 2.60. The van der Waals surface area contributed by atoms with Gasteiger partial charge in [-0.3, -0.25) is 5.10 Å². The number of H-pyrrole nitrogens is 1. The van der Waals surface area contributed by atoms with Crippen LogP contribution in [-0.2, 0) is 0 Å². The molecule has 6 heteroatoms. The van der Waals surface area contributed by atoms with Crippen molar-refractivity contribution in [1.29, 1.82) is 0 Å². The van der Waals surface area contributed by atoms with E-state index in [0.717, 1.165) is 0 Å². The highest BCUT2D eigenvalue weighted by atomic mass is 35.5. The van der Waals surface area contributed by atoms with Crippen LogP contribution in [0.1, 0.15) is 0 Å². The molecule has 2 rings (SSSR count). The van der Waals surface area contributed by atoms with Gasteiger partial charge in [-0.15, -0.1) is 0 Å². The summed E-state index contributed by atoms with van der Waals surface area (Å²) in [6.07, 6.45) is 1.37. The number of aromatic nitrogens is 4. The Labute approximate surface area is 72.7 Å². The molecule has 0 spiro atoms. The molecule has 5 nitrogen and oxygen atoms in total. The first-order valence-corrected chi connectivity index (χ1v) is 3.59. The van der Waals surface area contributed by atoms with Crippen LogP contribution >= 0.6 is 11.6 Å². The monoisotopic (exact) mass is 184 g/mol. The van der Waals surface area contributed by atoms with Crippen LogP contribution in [0.5, 0.6) is 5.88 Å². The largest absolute Gasteiger partial charge is 0.480 e. The molecule has 0 radical (unpaired) electrons. The number of rotatable bonds is 1. The van der Waals surface area contributed by atoms with E-state index in [2.05, 4.69) is 20.2 Å². The van der Waals surface area contributed by atoms with Gasteiger partial charge in [0.05, 0.1) is 7.11 Å². The third-order valence-electron chi connectivity index (χ3n) is 1.47. The average Bonchev–Trinajstić information content (AvgIpc) is 2.48. The van der Waals surface area contributed by atoms with Gasteiger partial charge in [0.25, 0.3) is 0 Å². The molecule has 2 heterocycles. The fourth-order valence-corrected chi connectivity index (χ4v) is 1.16. The second-order valence-electron chi connectivity index (χ2n) is 2.12. The van der Waals surface area contributed by atoms with E-state index in [1.165, 1.54) is 13.4 Å². The number of methoxy groups -OCH3 is 1. The molecule has 1 N–H and O–H groups in total. The Hall–Kier alpha value is -1.36. The number of hydrogen-bond acceptors (Lipinski definition) is 4. The van der Waals surface area contributed by atoms with Crippen molar-refractivity contribution < 1.29 is 4.74 Å². The lowest BCUT2D eigenvalue weighted by Crippen LogP contribution is -1.89. The first kappa shape index (κ1) is 7.30. The molecule has 12 heavy (non-hydrogen) atoms. The number of hydrogen-bond donors (Lipinski definition) is 1. The van der Waals surface area contributed by atoms with Crippen LogP contribution in [-0.4, -0.2) is 27.3 Å². The number of fused-ring (bicyclic) bond motifs is 1. The number of nitrogens with zero attached hydrogens (tertiary/aromatic N) is 3. The minimum atomic E-state index is 0.391. The second-order valence-corrected chi connectivity index (χ2v) is 2.50. The van der Waals surface area contributed by atoms with E-state index >= 15 is 0 Å². The van der Waals surface area contributed by atoms with Gasteiger partial charge in [0.2, 0.25) is 5.88 Å². The molecule has 0 aliphatic rings. The summed E-state index contributed by atoms with van der Waals surface area (Å²) in [5.74, 6) is 0.429. The van der Waals surface area contributed by atoms with Gasteiger partial charge in [-0.05, 0) is 0 Å². The van der Waals surface area contributed by atoms with Crippen LogP contribution in [0.3, 0.4) is 0 Å². The summed E-state index contributed by atoms with van der Waals surface area (Å²) in [5.41, 5.74) is 0.506. The molecule has 2 aromatic rings. The van der Waals surface area contributed by atoms with Crippen molar-refractivity contribution in [2.75, 3.05) is 7.11 Å². The molecule has 2 aromatic heterocycles. The Morgan fingerprint density at radius 3 is 3.08 bits per heavy atom. The van der Waals surface area contributed by atoms with Crippen LogP contribution < -0.4 is 4.74 Å². The van der Waals surface area contributed by atoms with E-state index in [9.17, 15) is 0 Å². The molecule has 62 valence electrons. The maximum absolute atomic E-state index is 5.78. The topological polar surface area (TPSA) is 63.7 Å². The van der Waals surface area contributed by atoms with E-state index < -0.39 is 0 Å². The van der Waals surface area contributed by atoms with E-state index in [4.69, 9.17) is 16.3 Å². The molecule has 0 saturated heterocycles. The highest BCUT2D eigenvalue weighted by Gasteiger charge is 2.10. The van der Waals surface area contributed by atoms with Gasteiger partial charge in [-0.25, -0.2) is 9.97 Å². The van der Waals surface area contributed by atoms with Gasteiger partial charge in [0, 0.05) is 0 Å². The third kappa shape index (κ3) is 0.902. The molecule has 0 atom stereocenters. The molecule has 0 bridgehead atoms. The summed E-state index contributed by atoms with van der Waals surface area (Å²) in [6, 6.07) is 0. The highest BCUT2D eigenvalue weighted by molar-refractivity contribution is 6.34. The average molecular weight is 185 g/mol. The third-order valence-corrected chi connectivity index (χ3v) is 1.74. The van der Waals surface area contributed by atoms with Crippen LogP contribution in [0.25, 0.3) is 11.0 Å². The smallest absolute Gasteiger partial charge is 0.229 e. The molecule has 0 aliphatic carbocycles. The zero-order chi connectivity index (χ0) is 8.55. The van der Waals surface area contributed by atoms with Crippen molar-refractivity contribution in [1.82, 2.24) is 20.2 Å². The van der Waals surface area contributed by atoms with Gasteiger partial charge < -0.3 is 4.74 Å². The standard InChI is InChI=1S/C6H5ClN4O/c1-12-6-3-4(7)10-11-5(3)8-2-9-6/h2H,1H3,(H,8,9,10,11). The first-order chi connectivity index (χ1) is 5.83. The lowest BCUT2D eigenvalue weighted by atomic mass is 10.4. The van der Waals surface area contributed by atoms with Crippen LogP contribution in [0, 0.1) is 0 Å². The molecule has 0 amide bonds. The van der Waals surface area contributed by atoms with Crippen molar-refractivity contribution in [3.8, 4) is 5.88 Å². The Bertz CT molecular complexity index is 413. The lowest BCUT2D eigenvalue weighted by Gasteiger charge is -1.96. The summed E-state index contributed by atoms with van der Waals surface area (Å²) in [4.78, 5) is 7.77. The molecular weight excluding hydrogens is 180 g/mol. The van der Waals surface area contributed by atoms with Crippen LogP contribution in [0.15, 0.2) is 6.33 Å². The van der Waals surface area contributed by atoms with E-state index in [0.29, 0.717) is 22.1 Å². The summed E-state index contributed by atoms with van der Waals surface area (Å²) in [6.45, 7) is 0. The van der Waals surface area contributed by atoms with Crippen molar-refractivity contribution in [2.24, 2.45) is 0 Å². The minimum Gasteiger partial charge on any atom is -0.480 e. The zero-order valence-corrected chi connectivity index (χ0v) is 6.96. The fourth-order valence-electron chi connectivity index (χ4n) is 0.950. The normalized spacial score (nSPS) is 10.5. The summed E-state index contributed by atoms with van der Waals surface area (Å²) < 4.78 is 4.97. The maximum atomic E-state index is 5.78. The van der Waals surface area contributed by atoms with Crippen molar-refractivity contribution >= 4 is 22.6 Å². The van der Waals surface area contributed by atoms with E-state index in [1.807, 2.05) is 0 Å². The molecule has 0 aromatic carbocycles. The Morgan fingerprint density at radius 1 is 1.50 bits per heavy atom. The van der Waals surface area contributed by atoms with Gasteiger partial charge in [0.1, 0.15) is 16.9 Å². The Morgan fingerprint density at radius 2 is 2.33 bits per heavy atom. The van der Waals surface area contributed by atoms with Gasteiger partial charge in [-0.2, -0.15) is 5.10 Å². The van der Waals surface area contributed by atoms with Crippen molar-refractivity contribution in [3.63, 3.8) is 0 Å². The summed E-state index contributed by atoms with van der Waals surface area (Å²) >= 11 is 5.78. The lowest BCUT2D eigenvalue weighted by molar-refractivity contribution is 0.402. The quantitative estimate of drug-likeness (QED) is 0.719. The fraction of sp³-hybridized carbons (Fsp3) is 0.167. The Balaban J connectivity index is 2.84. The van der Waals surface area contributed by atoms with Gasteiger partial charge >= 0.3 is 0 Å². The summed E-state index contributed by atoms with van der Waals surface area (Å²) in [5, 5.41) is 7.43. The predicted molar refractivity (Wildman–Crippen MR) is 43.2 cm³/mol. The summed E-state index contributed by atoms with van der Waals surface area (Å²) in [7, 11) is 1.52. The Kier molecular flexibility index (Phi) is 1.58. The van der Waals surface area contributed by atoms with E-state index in [-0.39, 0.29) is 0 Å². The molecule has 0 saturated carbocycles. The maximum Gasteiger partial charge on any atom is 0.229 e. The first-order valence-electron chi connectivity index (χ1n) is 3.21. The van der Waals surface area contributed by atoms with Gasteiger partial charge in [-0.1, -0.05) is 11.6 Å². The minimum absolute atomic E-state index is 0.391. The molecule has 0 unspecified atom stereocenters. The number of ether oxygens (including phenoxy) is 1. The predicted octanol–water partition coefficient (Wildman–Crippen LogP) is 1.01. The number of halogens is 1. The number of aromatic amines is 1. The van der Waals surface area contributed by atoms with Crippen molar-refractivity contribution in [2.45, 2.75) is 0 Å². The number of nitrogens with one attached hydrogen (secondary N) is 1. The molecule has 0 fully saturated rings. The van der Waals surface area contributed by atoms with Crippen LogP contribution in [0.4, 0.5) is 0 Å². The molecule has 0 aliphatic heterocycles.